The molecule has 11 heteroatoms. The van der Waals surface area contributed by atoms with Crippen molar-refractivity contribution >= 4 is 34.9 Å². The number of carbonyl (C=O) groups excluding carboxylic acids is 1. The van der Waals surface area contributed by atoms with Crippen molar-refractivity contribution in [1.82, 2.24) is 9.78 Å². The minimum Gasteiger partial charge on any atom is -0.484 e. The molecular weight excluding hydrogens is 506 g/mol. The molecule has 35 heavy (non-hydrogen) atoms. The van der Waals surface area contributed by atoms with Crippen LogP contribution in [0.2, 0.25) is 10.0 Å². The number of halogens is 5. The SMILES string of the molecule is Cc1cc(NC(=O)c2ccc(COc3ccc(Cl)cc3Cl)o2)nn1Cc1cccc(C(F)(F)F)c1. The molecule has 0 aliphatic carbocycles. The summed E-state index contributed by atoms with van der Waals surface area (Å²) in [5.41, 5.74) is 0.357. The molecule has 1 amide bonds. The molecule has 4 rings (SSSR count). The molecule has 1 N–H and O–H groups in total. The molecule has 0 saturated carbocycles. The summed E-state index contributed by atoms with van der Waals surface area (Å²) < 4.78 is 51.5. The lowest BCUT2D eigenvalue weighted by Gasteiger charge is -2.09. The molecule has 0 saturated heterocycles. The third kappa shape index (κ3) is 6.17. The summed E-state index contributed by atoms with van der Waals surface area (Å²) in [4.78, 5) is 12.6. The van der Waals surface area contributed by atoms with Crippen LogP contribution in [0.25, 0.3) is 0 Å². The zero-order chi connectivity index (χ0) is 25.2. The van der Waals surface area contributed by atoms with E-state index in [1.165, 1.54) is 16.8 Å². The largest absolute Gasteiger partial charge is 0.484 e. The van der Waals surface area contributed by atoms with Crippen LogP contribution in [0.5, 0.6) is 5.75 Å². The summed E-state index contributed by atoms with van der Waals surface area (Å²) >= 11 is 11.9. The van der Waals surface area contributed by atoms with Crippen molar-refractivity contribution in [3.63, 3.8) is 0 Å². The first-order valence-electron chi connectivity index (χ1n) is 10.3. The van der Waals surface area contributed by atoms with Gasteiger partial charge in [0.1, 0.15) is 18.1 Å². The first-order chi connectivity index (χ1) is 16.6. The van der Waals surface area contributed by atoms with Gasteiger partial charge in [0.05, 0.1) is 17.1 Å². The molecule has 182 valence electrons. The number of benzene rings is 2. The number of rotatable bonds is 7. The highest BCUT2D eigenvalue weighted by atomic mass is 35.5. The molecule has 0 unspecified atom stereocenters. The maximum atomic E-state index is 13.0. The van der Waals surface area contributed by atoms with Gasteiger partial charge in [-0.3, -0.25) is 9.48 Å². The van der Waals surface area contributed by atoms with Crippen LogP contribution in [0.4, 0.5) is 19.0 Å². The van der Waals surface area contributed by atoms with Gasteiger partial charge < -0.3 is 14.5 Å². The van der Waals surface area contributed by atoms with Gasteiger partial charge in [0.15, 0.2) is 11.6 Å². The molecular formula is C24H18Cl2F3N3O3. The van der Waals surface area contributed by atoms with Gasteiger partial charge in [-0.2, -0.15) is 18.3 Å². The number of furan rings is 1. The van der Waals surface area contributed by atoms with E-state index in [2.05, 4.69) is 10.4 Å². The number of nitrogens with zero attached hydrogens (tertiary/aromatic N) is 2. The predicted molar refractivity (Wildman–Crippen MR) is 125 cm³/mol. The van der Waals surface area contributed by atoms with E-state index < -0.39 is 17.6 Å². The third-order valence-corrected chi connectivity index (χ3v) is 5.49. The Labute approximate surface area is 208 Å². The van der Waals surface area contributed by atoms with Crippen LogP contribution in [0.3, 0.4) is 0 Å². The molecule has 0 atom stereocenters. The van der Waals surface area contributed by atoms with Gasteiger partial charge in [0.25, 0.3) is 5.91 Å². The van der Waals surface area contributed by atoms with Gasteiger partial charge in [-0.05, 0) is 55.0 Å². The molecule has 4 aromatic rings. The van der Waals surface area contributed by atoms with Crippen LogP contribution < -0.4 is 10.1 Å². The summed E-state index contributed by atoms with van der Waals surface area (Å²) in [6.45, 7) is 1.89. The second-order valence-corrected chi connectivity index (χ2v) is 8.45. The molecule has 0 fully saturated rings. The van der Waals surface area contributed by atoms with E-state index in [9.17, 15) is 18.0 Å². The summed E-state index contributed by atoms with van der Waals surface area (Å²) in [6, 6.07) is 14.5. The van der Waals surface area contributed by atoms with Crippen LogP contribution in [0.1, 0.15) is 33.1 Å². The van der Waals surface area contributed by atoms with Crippen molar-refractivity contribution in [2.75, 3.05) is 5.32 Å². The average molecular weight is 524 g/mol. The van der Waals surface area contributed by atoms with E-state index in [-0.39, 0.29) is 24.7 Å². The van der Waals surface area contributed by atoms with Crippen molar-refractivity contribution < 1.29 is 27.1 Å². The fraction of sp³-hybridized carbons (Fsp3) is 0.167. The van der Waals surface area contributed by atoms with Gasteiger partial charge in [-0.15, -0.1) is 0 Å². The number of ether oxygens (including phenoxy) is 1. The van der Waals surface area contributed by atoms with Crippen LogP contribution in [-0.4, -0.2) is 15.7 Å². The van der Waals surface area contributed by atoms with Crippen LogP contribution in [-0.2, 0) is 19.3 Å². The van der Waals surface area contributed by atoms with E-state index in [0.29, 0.717) is 32.8 Å². The second-order valence-electron chi connectivity index (χ2n) is 7.61. The monoisotopic (exact) mass is 523 g/mol. The number of aromatic nitrogens is 2. The molecule has 0 radical (unpaired) electrons. The van der Waals surface area contributed by atoms with Gasteiger partial charge in [-0.1, -0.05) is 35.3 Å². The lowest BCUT2D eigenvalue weighted by atomic mass is 10.1. The molecule has 0 aliphatic heterocycles. The molecule has 0 spiro atoms. The molecule has 6 nitrogen and oxygen atoms in total. The molecule has 0 bridgehead atoms. The second kappa shape index (κ2) is 10.1. The molecule has 2 aromatic heterocycles. The van der Waals surface area contributed by atoms with Crippen molar-refractivity contribution in [2.24, 2.45) is 0 Å². The number of alkyl halides is 3. The number of nitrogens with one attached hydrogen (secondary N) is 1. The Hall–Kier alpha value is -3.43. The number of anilines is 1. The first-order valence-corrected chi connectivity index (χ1v) is 11.0. The zero-order valence-electron chi connectivity index (χ0n) is 18.2. The van der Waals surface area contributed by atoms with E-state index in [4.69, 9.17) is 32.4 Å². The maximum Gasteiger partial charge on any atom is 0.416 e. The lowest BCUT2D eigenvalue weighted by molar-refractivity contribution is -0.137. The highest BCUT2D eigenvalue weighted by Crippen LogP contribution is 2.30. The van der Waals surface area contributed by atoms with E-state index >= 15 is 0 Å². The van der Waals surface area contributed by atoms with Crippen LogP contribution >= 0.6 is 23.2 Å². The van der Waals surface area contributed by atoms with Crippen LogP contribution in [0.15, 0.2) is 65.1 Å². The minimum atomic E-state index is -4.43. The fourth-order valence-electron chi connectivity index (χ4n) is 3.25. The van der Waals surface area contributed by atoms with Gasteiger partial charge in [0, 0.05) is 16.8 Å². The number of carbonyl (C=O) groups is 1. The Bertz CT molecular complexity index is 1370. The summed E-state index contributed by atoms with van der Waals surface area (Å²) in [7, 11) is 0. The summed E-state index contributed by atoms with van der Waals surface area (Å²) in [6.07, 6.45) is -4.43. The van der Waals surface area contributed by atoms with E-state index in [1.807, 2.05) is 0 Å². The molecule has 0 aliphatic rings. The number of aryl methyl sites for hydroxylation is 1. The zero-order valence-corrected chi connectivity index (χ0v) is 19.7. The van der Waals surface area contributed by atoms with Crippen LogP contribution in [0, 0.1) is 6.92 Å². The average Bonchev–Trinajstić information content (AvgIpc) is 3.39. The quantitative estimate of drug-likeness (QED) is 0.283. The smallest absolute Gasteiger partial charge is 0.416 e. The predicted octanol–water partition coefficient (Wildman–Crippen LogP) is 6.99. The van der Waals surface area contributed by atoms with Gasteiger partial charge >= 0.3 is 6.18 Å². The Morgan fingerprint density at radius 3 is 2.66 bits per heavy atom. The van der Waals surface area contributed by atoms with E-state index in [0.717, 1.165) is 12.1 Å². The topological polar surface area (TPSA) is 69.3 Å². The van der Waals surface area contributed by atoms with Gasteiger partial charge in [-0.25, -0.2) is 0 Å². The third-order valence-electron chi connectivity index (χ3n) is 4.96. The first kappa shape index (κ1) is 24.7. The molecule has 2 aromatic carbocycles. The maximum absolute atomic E-state index is 13.0. The standard InChI is InChI=1S/C24H18Cl2F3N3O3/c1-14-9-22(31-32(14)12-15-3-2-4-16(10-15)24(27,28)29)30-23(33)21-8-6-18(35-21)13-34-20-7-5-17(25)11-19(20)26/h2-11H,12-13H2,1H3,(H,30,31,33). The highest BCUT2D eigenvalue weighted by molar-refractivity contribution is 6.35. The number of amides is 1. The Morgan fingerprint density at radius 1 is 1.11 bits per heavy atom. The van der Waals surface area contributed by atoms with Gasteiger partial charge in [0.2, 0.25) is 0 Å². The summed E-state index contributed by atoms with van der Waals surface area (Å²) in [5.74, 6) is 0.551. The van der Waals surface area contributed by atoms with Crippen molar-refractivity contribution in [3.8, 4) is 5.75 Å². The number of hydrogen-bond donors (Lipinski definition) is 1. The number of hydrogen-bond acceptors (Lipinski definition) is 4. The van der Waals surface area contributed by atoms with E-state index in [1.54, 1.807) is 43.3 Å². The van der Waals surface area contributed by atoms with Crippen molar-refractivity contribution in [2.45, 2.75) is 26.3 Å². The molecule has 2 heterocycles. The Morgan fingerprint density at radius 2 is 1.91 bits per heavy atom. The summed E-state index contributed by atoms with van der Waals surface area (Å²) in [5, 5.41) is 7.72. The van der Waals surface area contributed by atoms with Crippen molar-refractivity contribution in [1.29, 1.82) is 0 Å². The van der Waals surface area contributed by atoms with Crippen molar-refractivity contribution in [3.05, 3.63) is 99.1 Å². The Balaban J connectivity index is 1.38. The Kier molecular flexibility index (Phi) is 7.09. The minimum absolute atomic E-state index is 0.0379. The normalized spacial score (nSPS) is 11.5. The fourth-order valence-corrected chi connectivity index (χ4v) is 3.71. The lowest BCUT2D eigenvalue weighted by Crippen LogP contribution is -2.12. The highest BCUT2D eigenvalue weighted by Gasteiger charge is 2.30.